The Hall–Kier alpha value is -2.21. The van der Waals surface area contributed by atoms with Crippen LogP contribution in [0.2, 0.25) is 0 Å². The highest BCUT2D eigenvalue weighted by atomic mass is 19.2. The lowest BCUT2D eigenvalue weighted by molar-refractivity contribution is 0.0948. The number of amides is 1. The van der Waals surface area contributed by atoms with Crippen LogP contribution in [-0.4, -0.2) is 19.0 Å². The summed E-state index contributed by atoms with van der Waals surface area (Å²) in [5, 5.41) is 5.52. The molecule has 1 aromatic carbocycles. The molecule has 1 amide bonds. The van der Waals surface area contributed by atoms with Gasteiger partial charge >= 0.3 is 0 Å². The molecule has 5 nitrogen and oxygen atoms in total. The summed E-state index contributed by atoms with van der Waals surface area (Å²) in [6.07, 6.45) is 0.362. The van der Waals surface area contributed by atoms with Gasteiger partial charge < -0.3 is 5.32 Å². The number of azide groups is 1. The second-order valence-electron chi connectivity index (χ2n) is 3.29. The van der Waals surface area contributed by atoms with Gasteiger partial charge in [0.25, 0.3) is 5.91 Å². The van der Waals surface area contributed by atoms with E-state index in [0.717, 1.165) is 6.07 Å². The zero-order chi connectivity index (χ0) is 13.5. The van der Waals surface area contributed by atoms with Crippen LogP contribution in [0, 0.1) is 17.5 Å². The van der Waals surface area contributed by atoms with Crippen molar-refractivity contribution >= 4 is 5.91 Å². The number of carbonyl (C=O) groups excluding carboxylic acids is 1. The zero-order valence-electron chi connectivity index (χ0n) is 9.16. The van der Waals surface area contributed by atoms with Crippen molar-refractivity contribution in [1.29, 1.82) is 0 Å². The molecular formula is C10H9F3N4O. The highest BCUT2D eigenvalue weighted by molar-refractivity contribution is 5.94. The van der Waals surface area contributed by atoms with Crippen LogP contribution in [-0.2, 0) is 0 Å². The molecule has 0 spiro atoms. The molecule has 8 heteroatoms. The number of halogens is 3. The van der Waals surface area contributed by atoms with E-state index < -0.39 is 28.9 Å². The first-order valence-electron chi connectivity index (χ1n) is 5.00. The van der Waals surface area contributed by atoms with E-state index >= 15 is 0 Å². The SMILES string of the molecule is [N-]=[N+]=NCCCNC(=O)c1ccc(F)c(F)c1F. The fourth-order valence-corrected chi connectivity index (χ4v) is 1.19. The summed E-state index contributed by atoms with van der Waals surface area (Å²) in [6, 6.07) is 1.53. The summed E-state index contributed by atoms with van der Waals surface area (Å²) < 4.78 is 38.7. The molecule has 0 aliphatic carbocycles. The topological polar surface area (TPSA) is 77.9 Å². The lowest BCUT2D eigenvalue weighted by Gasteiger charge is -2.05. The van der Waals surface area contributed by atoms with E-state index in [1.165, 1.54) is 0 Å². The summed E-state index contributed by atoms with van der Waals surface area (Å²) in [6.45, 7) is 0.313. The minimum atomic E-state index is -1.68. The molecule has 0 aliphatic rings. The molecule has 0 unspecified atom stereocenters. The second kappa shape index (κ2) is 6.51. The van der Waals surface area contributed by atoms with Gasteiger partial charge in [0, 0.05) is 18.0 Å². The molecule has 1 rings (SSSR count). The summed E-state index contributed by atoms with van der Waals surface area (Å²) in [7, 11) is 0. The van der Waals surface area contributed by atoms with Crippen molar-refractivity contribution < 1.29 is 18.0 Å². The molecule has 0 radical (unpaired) electrons. The van der Waals surface area contributed by atoms with Gasteiger partial charge in [0.2, 0.25) is 0 Å². The lowest BCUT2D eigenvalue weighted by Crippen LogP contribution is -2.26. The molecule has 0 aliphatic heterocycles. The van der Waals surface area contributed by atoms with Crippen LogP contribution in [0.4, 0.5) is 13.2 Å². The lowest BCUT2D eigenvalue weighted by atomic mass is 10.2. The standard InChI is InChI=1S/C10H9F3N4O/c11-7-3-2-6(8(12)9(7)13)10(18)15-4-1-5-16-17-14/h2-3H,1,4-5H2,(H,15,18). The smallest absolute Gasteiger partial charge is 0.254 e. The Kier molecular flexibility index (Phi) is 5.01. The first-order chi connectivity index (χ1) is 8.57. The number of carbonyl (C=O) groups is 1. The Labute approximate surface area is 100 Å². The van der Waals surface area contributed by atoms with E-state index in [4.69, 9.17) is 5.53 Å². The molecule has 0 bridgehead atoms. The van der Waals surface area contributed by atoms with E-state index in [0.29, 0.717) is 12.5 Å². The Bertz CT molecular complexity index is 500. The average Bonchev–Trinajstić information content (AvgIpc) is 2.35. The second-order valence-corrected chi connectivity index (χ2v) is 3.29. The van der Waals surface area contributed by atoms with Crippen LogP contribution in [0.1, 0.15) is 16.8 Å². The van der Waals surface area contributed by atoms with Gasteiger partial charge in [0.1, 0.15) is 0 Å². The van der Waals surface area contributed by atoms with Gasteiger partial charge in [-0.05, 0) is 24.1 Å². The zero-order valence-corrected chi connectivity index (χ0v) is 9.16. The van der Waals surface area contributed by atoms with Gasteiger partial charge in [-0.3, -0.25) is 4.79 Å². The number of nitrogens with one attached hydrogen (secondary N) is 1. The number of hydrogen-bond donors (Lipinski definition) is 1. The predicted octanol–water partition coefficient (Wildman–Crippen LogP) is 2.53. The molecule has 0 aromatic heterocycles. The maximum atomic E-state index is 13.2. The third-order valence-corrected chi connectivity index (χ3v) is 2.06. The van der Waals surface area contributed by atoms with Crippen molar-refractivity contribution in [3.63, 3.8) is 0 Å². The maximum absolute atomic E-state index is 13.2. The minimum absolute atomic E-state index is 0.135. The first-order valence-corrected chi connectivity index (χ1v) is 5.00. The fourth-order valence-electron chi connectivity index (χ4n) is 1.19. The van der Waals surface area contributed by atoms with Crippen molar-refractivity contribution in [3.05, 3.63) is 45.6 Å². The molecular weight excluding hydrogens is 249 g/mol. The Balaban J connectivity index is 2.62. The van der Waals surface area contributed by atoms with Gasteiger partial charge in [-0.25, -0.2) is 13.2 Å². The van der Waals surface area contributed by atoms with Crippen LogP contribution < -0.4 is 5.32 Å². The van der Waals surface area contributed by atoms with Crippen molar-refractivity contribution in [2.75, 3.05) is 13.1 Å². The molecule has 18 heavy (non-hydrogen) atoms. The Morgan fingerprint density at radius 2 is 2.06 bits per heavy atom. The molecule has 0 atom stereocenters. The van der Waals surface area contributed by atoms with Crippen molar-refractivity contribution in [3.8, 4) is 0 Å². The van der Waals surface area contributed by atoms with E-state index in [2.05, 4.69) is 15.3 Å². The fraction of sp³-hybridized carbons (Fsp3) is 0.300. The molecule has 96 valence electrons. The molecule has 0 fully saturated rings. The molecule has 1 aromatic rings. The third kappa shape index (κ3) is 3.39. The van der Waals surface area contributed by atoms with Gasteiger partial charge in [-0.2, -0.15) is 0 Å². The third-order valence-electron chi connectivity index (χ3n) is 2.06. The summed E-state index contributed by atoms with van der Waals surface area (Å²) in [5.74, 6) is -5.42. The number of benzene rings is 1. The van der Waals surface area contributed by atoms with Gasteiger partial charge in [0.15, 0.2) is 17.5 Å². The number of nitrogens with zero attached hydrogens (tertiary/aromatic N) is 3. The predicted molar refractivity (Wildman–Crippen MR) is 57.3 cm³/mol. The molecule has 1 N–H and O–H groups in total. The summed E-state index contributed by atoms with van der Waals surface area (Å²) in [5.41, 5.74) is 7.42. The Morgan fingerprint density at radius 3 is 2.72 bits per heavy atom. The van der Waals surface area contributed by atoms with Crippen molar-refractivity contribution in [2.45, 2.75) is 6.42 Å². The monoisotopic (exact) mass is 258 g/mol. The average molecular weight is 258 g/mol. The quantitative estimate of drug-likeness (QED) is 0.284. The molecule has 0 saturated carbocycles. The van der Waals surface area contributed by atoms with E-state index in [9.17, 15) is 18.0 Å². The first kappa shape index (κ1) is 13.9. The highest BCUT2D eigenvalue weighted by Gasteiger charge is 2.18. The van der Waals surface area contributed by atoms with Gasteiger partial charge in [0.05, 0.1) is 5.56 Å². The largest absolute Gasteiger partial charge is 0.352 e. The minimum Gasteiger partial charge on any atom is -0.352 e. The van der Waals surface area contributed by atoms with E-state index in [-0.39, 0.29) is 13.1 Å². The summed E-state index contributed by atoms with van der Waals surface area (Å²) in [4.78, 5) is 13.9. The highest BCUT2D eigenvalue weighted by Crippen LogP contribution is 2.14. The van der Waals surface area contributed by atoms with Crippen molar-refractivity contribution in [1.82, 2.24) is 5.32 Å². The van der Waals surface area contributed by atoms with Gasteiger partial charge in [-0.15, -0.1) is 0 Å². The van der Waals surface area contributed by atoms with E-state index in [1.807, 2.05) is 0 Å². The Morgan fingerprint density at radius 1 is 1.33 bits per heavy atom. The van der Waals surface area contributed by atoms with Crippen LogP contribution in [0.25, 0.3) is 10.4 Å². The molecule has 0 saturated heterocycles. The number of hydrogen-bond acceptors (Lipinski definition) is 2. The normalized spacial score (nSPS) is 9.72. The summed E-state index contributed by atoms with van der Waals surface area (Å²) >= 11 is 0. The van der Waals surface area contributed by atoms with E-state index in [1.54, 1.807) is 0 Å². The molecule has 0 heterocycles. The van der Waals surface area contributed by atoms with Crippen molar-refractivity contribution in [2.24, 2.45) is 5.11 Å². The number of rotatable bonds is 5. The van der Waals surface area contributed by atoms with Crippen LogP contribution in [0.15, 0.2) is 17.2 Å². The maximum Gasteiger partial charge on any atom is 0.254 e. The van der Waals surface area contributed by atoms with Crippen LogP contribution >= 0.6 is 0 Å². The van der Waals surface area contributed by atoms with Crippen LogP contribution in [0.3, 0.4) is 0 Å². The van der Waals surface area contributed by atoms with Crippen LogP contribution in [0.5, 0.6) is 0 Å². The van der Waals surface area contributed by atoms with Gasteiger partial charge in [-0.1, -0.05) is 5.11 Å².